The van der Waals surface area contributed by atoms with E-state index < -0.39 is 4.92 Å². The van der Waals surface area contributed by atoms with Gasteiger partial charge in [-0.15, -0.1) is 0 Å². The molecule has 2 aromatic rings. The van der Waals surface area contributed by atoms with Crippen LogP contribution in [0.3, 0.4) is 0 Å². The zero-order valence-corrected chi connectivity index (χ0v) is 15.6. The van der Waals surface area contributed by atoms with E-state index in [9.17, 15) is 19.3 Å². The number of rotatable bonds is 6. The number of halogens is 1. The van der Waals surface area contributed by atoms with Gasteiger partial charge >= 0.3 is 0 Å². The van der Waals surface area contributed by atoms with Crippen molar-refractivity contribution in [1.29, 1.82) is 0 Å². The van der Waals surface area contributed by atoms with Gasteiger partial charge in [-0.2, -0.15) is 0 Å². The van der Waals surface area contributed by atoms with Crippen molar-refractivity contribution in [2.75, 3.05) is 32.8 Å². The fourth-order valence-electron chi connectivity index (χ4n) is 3.38. The average Bonchev–Trinajstić information content (AvgIpc) is 2.70. The lowest BCUT2D eigenvalue weighted by atomic mass is 10.0. The summed E-state index contributed by atoms with van der Waals surface area (Å²) in [6.45, 7) is 4.45. The largest absolute Gasteiger partial charge is 0.379 e. The first-order chi connectivity index (χ1) is 13.5. The molecule has 1 aliphatic heterocycles. The number of benzene rings is 2. The molecule has 0 aromatic heterocycles. The molecule has 0 bridgehead atoms. The Morgan fingerprint density at radius 1 is 1.25 bits per heavy atom. The zero-order valence-electron chi connectivity index (χ0n) is 15.6. The van der Waals surface area contributed by atoms with Gasteiger partial charge in [0.25, 0.3) is 11.6 Å². The molecule has 3 rings (SSSR count). The molecule has 1 N–H and O–H groups in total. The first-order valence-corrected chi connectivity index (χ1v) is 9.07. The van der Waals surface area contributed by atoms with Gasteiger partial charge in [0.1, 0.15) is 5.82 Å². The van der Waals surface area contributed by atoms with Crippen LogP contribution in [-0.4, -0.2) is 48.6 Å². The summed E-state index contributed by atoms with van der Waals surface area (Å²) in [6, 6.07) is 10.5. The third-order valence-electron chi connectivity index (χ3n) is 4.94. The van der Waals surface area contributed by atoms with Crippen LogP contribution in [0, 0.1) is 22.9 Å². The summed E-state index contributed by atoms with van der Waals surface area (Å²) in [5.41, 5.74) is 1.40. The molecule has 0 spiro atoms. The highest BCUT2D eigenvalue weighted by molar-refractivity contribution is 5.96. The van der Waals surface area contributed by atoms with E-state index in [1.54, 1.807) is 25.1 Å². The zero-order chi connectivity index (χ0) is 20.1. The summed E-state index contributed by atoms with van der Waals surface area (Å²) in [7, 11) is 0. The molecule has 1 saturated heterocycles. The minimum atomic E-state index is -0.499. The number of ether oxygens (including phenoxy) is 1. The molecule has 7 nitrogen and oxygen atoms in total. The number of nitrogens with zero attached hydrogens (tertiary/aromatic N) is 2. The van der Waals surface area contributed by atoms with Gasteiger partial charge in [-0.25, -0.2) is 4.39 Å². The van der Waals surface area contributed by atoms with Gasteiger partial charge in [0.2, 0.25) is 0 Å². The summed E-state index contributed by atoms with van der Waals surface area (Å²) in [5, 5.41) is 14.0. The van der Waals surface area contributed by atoms with Crippen molar-refractivity contribution in [3.05, 3.63) is 75.1 Å². The van der Waals surface area contributed by atoms with Crippen LogP contribution in [0.25, 0.3) is 0 Å². The molecule has 148 valence electrons. The maximum absolute atomic E-state index is 13.3. The lowest BCUT2D eigenvalue weighted by Gasteiger charge is -2.35. The van der Waals surface area contributed by atoms with Gasteiger partial charge in [0.15, 0.2) is 0 Å². The average molecular weight is 387 g/mol. The topological polar surface area (TPSA) is 84.7 Å². The van der Waals surface area contributed by atoms with Gasteiger partial charge in [0.05, 0.1) is 24.2 Å². The number of hydrogen-bond acceptors (Lipinski definition) is 5. The molecular weight excluding hydrogens is 365 g/mol. The highest BCUT2D eigenvalue weighted by Gasteiger charge is 2.24. The third kappa shape index (κ3) is 4.52. The Bertz CT molecular complexity index is 851. The van der Waals surface area contributed by atoms with Crippen LogP contribution >= 0.6 is 0 Å². The monoisotopic (exact) mass is 387 g/mol. The molecule has 1 aliphatic rings. The summed E-state index contributed by atoms with van der Waals surface area (Å²) in [6.07, 6.45) is 0. The van der Waals surface area contributed by atoms with E-state index in [1.165, 1.54) is 24.3 Å². The Hall–Kier alpha value is -2.84. The smallest absolute Gasteiger partial charge is 0.273 e. The van der Waals surface area contributed by atoms with Crippen molar-refractivity contribution in [2.24, 2.45) is 0 Å². The minimum Gasteiger partial charge on any atom is -0.379 e. The van der Waals surface area contributed by atoms with Gasteiger partial charge in [-0.3, -0.25) is 19.8 Å². The van der Waals surface area contributed by atoms with Crippen LogP contribution < -0.4 is 5.32 Å². The second-order valence-corrected chi connectivity index (χ2v) is 6.63. The number of nitro groups is 1. The number of carbonyl (C=O) groups excluding carboxylic acids is 1. The van der Waals surface area contributed by atoms with Gasteiger partial charge in [0, 0.05) is 36.8 Å². The highest BCUT2D eigenvalue weighted by atomic mass is 19.1. The van der Waals surface area contributed by atoms with Gasteiger partial charge < -0.3 is 10.1 Å². The molecule has 8 heteroatoms. The van der Waals surface area contributed by atoms with Crippen LogP contribution in [0.15, 0.2) is 42.5 Å². The lowest BCUT2D eigenvalue weighted by molar-refractivity contribution is -0.385. The van der Waals surface area contributed by atoms with Crippen LogP contribution in [0.2, 0.25) is 0 Å². The molecule has 1 heterocycles. The van der Waals surface area contributed by atoms with Crippen molar-refractivity contribution >= 4 is 11.6 Å². The molecule has 1 atom stereocenters. The first-order valence-electron chi connectivity index (χ1n) is 9.07. The maximum Gasteiger partial charge on any atom is 0.273 e. The van der Waals surface area contributed by atoms with Crippen molar-refractivity contribution < 1.29 is 18.8 Å². The fourth-order valence-corrected chi connectivity index (χ4v) is 3.38. The summed E-state index contributed by atoms with van der Waals surface area (Å²) < 4.78 is 18.7. The van der Waals surface area contributed by atoms with E-state index in [0.29, 0.717) is 38.4 Å². The summed E-state index contributed by atoms with van der Waals surface area (Å²) in [4.78, 5) is 25.5. The van der Waals surface area contributed by atoms with Crippen molar-refractivity contribution in [2.45, 2.75) is 13.0 Å². The van der Waals surface area contributed by atoms with Crippen LogP contribution in [-0.2, 0) is 4.74 Å². The maximum atomic E-state index is 13.3. The van der Waals surface area contributed by atoms with E-state index in [1.807, 2.05) is 0 Å². The van der Waals surface area contributed by atoms with Gasteiger partial charge in [-0.1, -0.05) is 18.2 Å². The van der Waals surface area contributed by atoms with E-state index >= 15 is 0 Å². The van der Waals surface area contributed by atoms with Crippen LogP contribution in [0.4, 0.5) is 10.1 Å². The Morgan fingerprint density at radius 3 is 2.57 bits per heavy atom. The molecule has 28 heavy (non-hydrogen) atoms. The fraction of sp³-hybridized carbons (Fsp3) is 0.350. The van der Waals surface area contributed by atoms with Gasteiger partial charge in [-0.05, 0) is 30.7 Å². The number of amides is 1. The minimum absolute atomic E-state index is 0.0871. The molecule has 0 aliphatic carbocycles. The van der Waals surface area contributed by atoms with Crippen molar-refractivity contribution in [3.8, 4) is 0 Å². The Kier molecular flexibility index (Phi) is 6.33. The van der Waals surface area contributed by atoms with Crippen molar-refractivity contribution in [1.82, 2.24) is 10.2 Å². The molecule has 0 radical (unpaired) electrons. The van der Waals surface area contributed by atoms with Crippen LogP contribution in [0.5, 0.6) is 0 Å². The molecule has 0 saturated carbocycles. The first kappa shape index (κ1) is 19.9. The quantitative estimate of drug-likeness (QED) is 0.609. The second-order valence-electron chi connectivity index (χ2n) is 6.63. The van der Waals surface area contributed by atoms with E-state index in [0.717, 1.165) is 5.56 Å². The SMILES string of the molecule is Cc1c(C(=O)NCC(c2ccc(F)cc2)N2CCOCC2)cccc1[N+](=O)[O-]. The Balaban J connectivity index is 1.78. The standard InChI is InChI=1S/C20H22FN3O4/c1-14-17(3-2-4-18(14)24(26)27)20(25)22-13-19(23-9-11-28-12-10-23)15-5-7-16(21)8-6-15/h2-8,19H,9-13H2,1H3,(H,22,25). The Morgan fingerprint density at radius 2 is 1.93 bits per heavy atom. The number of morpholine rings is 1. The normalized spacial score (nSPS) is 15.8. The number of nitro benzene ring substituents is 1. The third-order valence-corrected chi connectivity index (χ3v) is 4.94. The molecular formula is C20H22FN3O4. The lowest BCUT2D eigenvalue weighted by Crippen LogP contribution is -2.43. The predicted molar refractivity (Wildman–Crippen MR) is 102 cm³/mol. The Labute approximate surface area is 162 Å². The molecule has 1 amide bonds. The summed E-state index contributed by atoms with van der Waals surface area (Å²) >= 11 is 0. The second kappa shape index (κ2) is 8.90. The predicted octanol–water partition coefficient (Wildman–Crippen LogP) is 2.85. The van der Waals surface area contributed by atoms with Crippen LogP contribution in [0.1, 0.15) is 27.5 Å². The molecule has 1 fully saturated rings. The number of hydrogen-bond donors (Lipinski definition) is 1. The summed E-state index contributed by atoms with van der Waals surface area (Å²) in [5.74, 6) is -0.692. The number of nitrogens with one attached hydrogen (secondary N) is 1. The van der Waals surface area contributed by atoms with Crippen molar-refractivity contribution in [3.63, 3.8) is 0 Å². The number of carbonyl (C=O) groups is 1. The van der Waals surface area contributed by atoms with E-state index in [-0.39, 0.29) is 29.0 Å². The van der Waals surface area contributed by atoms with E-state index in [2.05, 4.69) is 10.2 Å². The highest BCUT2D eigenvalue weighted by Crippen LogP contribution is 2.23. The van der Waals surface area contributed by atoms with E-state index in [4.69, 9.17) is 4.74 Å². The molecule has 1 unspecified atom stereocenters. The molecule has 2 aromatic carbocycles.